The maximum absolute atomic E-state index is 12.1. The van der Waals surface area contributed by atoms with Crippen LogP contribution in [-0.2, 0) is 10.0 Å². The lowest BCUT2D eigenvalue weighted by atomic mass is 10.2. The number of hydrogen-bond acceptors (Lipinski definition) is 5. The number of benzene rings is 1. The van der Waals surface area contributed by atoms with Gasteiger partial charge in [0.2, 0.25) is 10.0 Å². The molecule has 2 N–H and O–H groups in total. The van der Waals surface area contributed by atoms with Crippen molar-refractivity contribution in [3.63, 3.8) is 0 Å². The second-order valence-corrected chi connectivity index (χ2v) is 8.10. The molecule has 23 heavy (non-hydrogen) atoms. The van der Waals surface area contributed by atoms with Crippen LogP contribution in [0.2, 0.25) is 0 Å². The van der Waals surface area contributed by atoms with Crippen LogP contribution >= 0.6 is 11.3 Å². The minimum Gasteiger partial charge on any atom is -0.305 e. The zero-order valence-electron chi connectivity index (χ0n) is 11.9. The minimum atomic E-state index is -3.47. The maximum Gasteiger partial charge on any atom is 0.269 e. The number of H-pyrrole nitrogens is 1. The Kier molecular flexibility index (Phi) is 3.33. The van der Waals surface area contributed by atoms with Gasteiger partial charge in [0.05, 0.1) is 10.4 Å². The number of sulfonamides is 1. The van der Waals surface area contributed by atoms with Crippen molar-refractivity contribution in [2.24, 2.45) is 0 Å². The van der Waals surface area contributed by atoms with E-state index in [-0.39, 0.29) is 16.5 Å². The maximum atomic E-state index is 12.1. The van der Waals surface area contributed by atoms with Gasteiger partial charge in [-0.15, -0.1) is 11.3 Å². The molecule has 1 fully saturated rings. The number of aromatic nitrogens is 2. The third kappa shape index (κ3) is 2.80. The highest BCUT2D eigenvalue weighted by atomic mass is 32.2. The summed E-state index contributed by atoms with van der Waals surface area (Å²) >= 11 is 1.34. The minimum absolute atomic E-state index is 0.0682. The predicted molar refractivity (Wildman–Crippen MR) is 89.0 cm³/mol. The first-order valence-corrected chi connectivity index (χ1v) is 9.49. The molecule has 1 aromatic carbocycles. The Morgan fingerprint density at radius 3 is 2.61 bits per heavy atom. The molecule has 0 unspecified atom stereocenters. The van der Waals surface area contributed by atoms with Gasteiger partial charge in [-0.3, -0.25) is 4.79 Å². The number of nitrogens with zero attached hydrogens (tertiary/aromatic N) is 1. The summed E-state index contributed by atoms with van der Waals surface area (Å²) in [6, 6.07) is 8.21. The van der Waals surface area contributed by atoms with E-state index in [4.69, 9.17) is 0 Å². The molecule has 3 aromatic rings. The fourth-order valence-corrected chi connectivity index (χ4v) is 4.32. The summed E-state index contributed by atoms with van der Waals surface area (Å²) in [4.78, 5) is 19.4. The van der Waals surface area contributed by atoms with Crippen molar-refractivity contribution in [1.82, 2.24) is 14.7 Å². The van der Waals surface area contributed by atoms with E-state index in [1.807, 2.05) is 5.38 Å². The van der Waals surface area contributed by atoms with Crippen molar-refractivity contribution in [1.29, 1.82) is 0 Å². The fourth-order valence-electron chi connectivity index (χ4n) is 2.29. The molecular weight excluding hydrogens is 334 g/mol. The molecular formula is C15H13N3O3S2. The van der Waals surface area contributed by atoms with E-state index in [9.17, 15) is 13.2 Å². The third-order valence-corrected chi connectivity index (χ3v) is 6.09. The lowest BCUT2D eigenvalue weighted by Gasteiger charge is -2.06. The average Bonchev–Trinajstić information content (AvgIpc) is 3.19. The first-order chi connectivity index (χ1) is 11.0. The zero-order chi connectivity index (χ0) is 16.0. The third-order valence-electron chi connectivity index (χ3n) is 3.65. The van der Waals surface area contributed by atoms with Crippen LogP contribution in [-0.4, -0.2) is 24.4 Å². The number of thiophene rings is 1. The zero-order valence-corrected chi connectivity index (χ0v) is 13.6. The summed E-state index contributed by atoms with van der Waals surface area (Å²) in [6.45, 7) is 0. The Morgan fingerprint density at radius 1 is 1.17 bits per heavy atom. The molecule has 0 amide bonds. The topological polar surface area (TPSA) is 91.9 Å². The standard InChI is InChI=1S/C15H13N3O3S2/c19-15-13-12(7-8-22-13)16-14(17-15)9-1-5-11(6-2-9)23(20,21)18-10-3-4-10/h1-2,5-8,10,18H,3-4H2,(H,16,17,19). The Morgan fingerprint density at radius 2 is 1.91 bits per heavy atom. The highest BCUT2D eigenvalue weighted by molar-refractivity contribution is 7.89. The normalized spacial score (nSPS) is 15.1. The SMILES string of the molecule is O=c1[nH]c(-c2ccc(S(=O)(=O)NC3CC3)cc2)nc2ccsc12. The van der Waals surface area contributed by atoms with Crippen molar-refractivity contribution in [3.8, 4) is 11.4 Å². The van der Waals surface area contributed by atoms with E-state index in [1.54, 1.807) is 18.2 Å². The van der Waals surface area contributed by atoms with Crippen LogP contribution < -0.4 is 10.3 Å². The monoisotopic (exact) mass is 347 g/mol. The Balaban J connectivity index is 1.70. The van der Waals surface area contributed by atoms with Gasteiger partial charge in [0.25, 0.3) is 5.56 Å². The molecule has 1 saturated carbocycles. The summed E-state index contributed by atoms with van der Waals surface area (Å²) in [5, 5.41) is 1.82. The van der Waals surface area contributed by atoms with Gasteiger partial charge in [0.1, 0.15) is 10.5 Å². The quantitative estimate of drug-likeness (QED) is 0.756. The van der Waals surface area contributed by atoms with Crippen molar-refractivity contribution < 1.29 is 8.42 Å². The number of fused-ring (bicyclic) bond motifs is 1. The molecule has 2 aromatic heterocycles. The van der Waals surface area contributed by atoms with Crippen LogP contribution in [0, 0.1) is 0 Å². The molecule has 118 valence electrons. The summed E-state index contributed by atoms with van der Waals surface area (Å²) in [5.41, 5.74) is 1.12. The summed E-state index contributed by atoms with van der Waals surface area (Å²) in [6.07, 6.45) is 1.78. The number of nitrogens with one attached hydrogen (secondary N) is 2. The van der Waals surface area contributed by atoms with Gasteiger partial charge in [0, 0.05) is 11.6 Å². The molecule has 0 aliphatic heterocycles. The van der Waals surface area contributed by atoms with Crippen molar-refractivity contribution >= 4 is 31.6 Å². The number of rotatable bonds is 4. The predicted octanol–water partition coefficient (Wildman–Crippen LogP) is 2.09. The van der Waals surface area contributed by atoms with Crippen LogP contribution in [0.25, 0.3) is 21.6 Å². The van der Waals surface area contributed by atoms with Crippen molar-refractivity contribution in [2.75, 3.05) is 0 Å². The average molecular weight is 347 g/mol. The molecule has 0 spiro atoms. The molecule has 2 heterocycles. The summed E-state index contributed by atoms with van der Waals surface area (Å²) in [7, 11) is -3.47. The van der Waals surface area contributed by atoms with Gasteiger partial charge >= 0.3 is 0 Å². The molecule has 0 radical (unpaired) electrons. The van der Waals surface area contributed by atoms with E-state index in [0.717, 1.165) is 12.8 Å². The smallest absolute Gasteiger partial charge is 0.269 e. The fraction of sp³-hybridized carbons (Fsp3) is 0.200. The van der Waals surface area contributed by atoms with Crippen molar-refractivity contribution in [3.05, 3.63) is 46.1 Å². The van der Waals surface area contributed by atoms with Gasteiger partial charge in [-0.1, -0.05) is 0 Å². The Bertz CT molecular complexity index is 1030. The number of aromatic amines is 1. The van der Waals surface area contributed by atoms with E-state index < -0.39 is 10.0 Å². The van der Waals surface area contributed by atoms with E-state index in [1.165, 1.54) is 23.5 Å². The molecule has 0 atom stereocenters. The van der Waals surface area contributed by atoms with Crippen LogP contribution in [0.3, 0.4) is 0 Å². The van der Waals surface area contributed by atoms with Gasteiger partial charge < -0.3 is 4.98 Å². The molecule has 1 aliphatic rings. The Labute approximate surface area is 136 Å². The number of hydrogen-bond donors (Lipinski definition) is 2. The Hall–Kier alpha value is -2.03. The van der Waals surface area contributed by atoms with Gasteiger partial charge in [-0.25, -0.2) is 18.1 Å². The molecule has 6 nitrogen and oxygen atoms in total. The van der Waals surface area contributed by atoms with Gasteiger partial charge in [-0.05, 0) is 48.6 Å². The van der Waals surface area contributed by atoms with Gasteiger partial charge in [0.15, 0.2) is 0 Å². The van der Waals surface area contributed by atoms with Crippen LogP contribution in [0.5, 0.6) is 0 Å². The molecule has 4 rings (SSSR count). The van der Waals surface area contributed by atoms with Gasteiger partial charge in [-0.2, -0.15) is 0 Å². The molecule has 8 heteroatoms. The lowest BCUT2D eigenvalue weighted by Crippen LogP contribution is -2.25. The largest absolute Gasteiger partial charge is 0.305 e. The summed E-state index contributed by atoms with van der Waals surface area (Å²) in [5.74, 6) is 0.431. The van der Waals surface area contributed by atoms with E-state index in [2.05, 4.69) is 14.7 Å². The molecule has 0 saturated heterocycles. The molecule has 1 aliphatic carbocycles. The second kappa shape index (κ2) is 5.26. The first-order valence-electron chi connectivity index (χ1n) is 7.13. The van der Waals surface area contributed by atoms with Crippen LogP contribution in [0.4, 0.5) is 0 Å². The van der Waals surface area contributed by atoms with Crippen molar-refractivity contribution in [2.45, 2.75) is 23.8 Å². The van der Waals surface area contributed by atoms with Crippen LogP contribution in [0.1, 0.15) is 12.8 Å². The van der Waals surface area contributed by atoms with Crippen LogP contribution in [0.15, 0.2) is 45.4 Å². The van der Waals surface area contributed by atoms with E-state index >= 15 is 0 Å². The highest BCUT2D eigenvalue weighted by Crippen LogP contribution is 2.24. The summed E-state index contributed by atoms with van der Waals surface area (Å²) < 4.78 is 27.5. The highest BCUT2D eigenvalue weighted by Gasteiger charge is 2.27. The van der Waals surface area contributed by atoms with E-state index in [0.29, 0.717) is 21.6 Å². The molecule has 0 bridgehead atoms. The second-order valence-electron chi connectivity index (χ2n) is 5.47. The first kappa shape index (κ1) is 14.6. The lowest BCUT2D eigenvalue weighted by molar-refractivity contribution is 0.581.